The molecule has 0 bridgehead atoms. The fourth-order valence-electron chi connectivity index (χ4n) is 7.07. The van der Waals surface area contributed by atoms with Gasteiger partial charge in [0.2, 0.25) is 11.8 Å². The summed E-state index contributed by atoms with van der Waals surface area (Å²) in [4.78, 5) is 52.6. The monoisotopic (exact) mass is 769 g/mol. The summed E-state index contributed by atoms with van der Waals surface area (Å²) < 4.78 is 32.0. The van der Waals surface area contributed by atoms with Crippen LogP contribution in [0.4, 0.5) is 14.9 Å². The lowest BCUT2D eigenvalue weighted by molar-refractivity contribution is -0.156. The van der Waals surface area contributed by atoms with Crippen LogP contribution in [-0.2, 0) is 30.9 Å². The van der Waals surface area contributed by atoms with Gasteiger partial charge in [-0.25, -0.2) is 19.0 Å². The van der Waals surface area contributed by atoms with Crippen molar-refractivity contribution in [2.45, 2.75) is 116 Å². The van der Waals surface area contributed by atoms with E-state index in [1.165, 1.54) is 12.1 Å². The largest absolute Gasteiger partial charge is 0.530 e. The maximum atomic E-state index is 14.6. The van der Waals surface area contributed by atoms with Gasteiger partial charge in [-0.2, -0.15) is 0 Å². The number of rotatable bonds is 9. The fraction of sp³-hybridized carbons (Fsp3) is 0.650. The zero-order valence-corrected chi connectivity index (χ0v) is 35.0. The summed E-state index contributed by atoms with van der Waals surface area (Å²) in [6, 6.07) is 7.94. The van der Waals surface area contributed by atoms with Crippen molar-refractivity contribution in [2.75, 3.05) is 57.3 Å². The first-order valence-corrected chi connectivity index (χ1v) is 21.9. The number of hydrogen-bond donors (Lipinski definition) is 1. The lowest BCUT2D eigenvalue weighted by Crippen LogP contribution is -2.64. The van der Waals surface area contributed by atoms with Crippen molar-refractivity contribution < 1.29 is 37.8 Å². The van der Waals surface area contributed by atoms with E-state index in [-0.39, 0.29) is 48.5 Å². The molecule has 14 heteroatoms. The smallest absolute Gasteiger partial charge is 0.410 e. The van der Waals surface area contributed by atoms with Crippen molar-refractivity contribution in [2.24, 2.45) is 0 Å². The van der Waals surface area contributed by atoms with Crippen molar-refractivity contribution in [3.63, 3.8) is 0 Å². The Bertz CT molecular complexity index is 1710. The topological polar surface area (TPSA) is 125 Å². The Kier molecular flexibility index (Phi) is 11.9. The van der Waals surface area contributed by atoms with E-state index < -0.39 is 37.5 Å². The first-order chi connectivity index (χ1) is 24.9. The number of carboxylic acid groups (broad SMARTS) is 1. The van der Waals surface area contributed by atoms with Crippen molar-refractivity contribution in [1.82, 2.24) is 19.7 Å². The summed E-state index contributed by atoms with van der Waals surface area (Å²) in [7, 11) is -2.31. The maximum absolute atomic E-state index is 14.6. The number of amides is 2. The summed E-state index contributed by atoms with van der Waals surface area (Å²) in [6.45, 7) is 25.3. The number of ether oxygens (including phenoxy) is 2. The van der Waals surface area contributed by atoms with Crippen LogP contribution in [0, 0.1) is 5.82 Å². The SMILES string of the molecule is C[C@@H]1CN(CC(=O)N2CC(C)(C)c3nc(O[Si](C)(C)C(C)(C)C)c(Cc4ccc(F)cc4)cc32)[C@@H](CN2CCOC(C(=O)O)C2)CN1C(=O)OC(C)(C)C. The number of benzene rings is 1. The molecule has 54 heavy (non-hydrogen) atoms. The minimum Gasteiger partial charge on any atom is -0.530 e. The average molecular weight is 770 g/mol. The van der Waals surface area contributed by atoms with Gasteiger partial charge in [-0.15, -0.1) is 0 Å². The third-order valence-corrected chi connectivity index (χ3v) is 15.4. The molecule has 4 heterocycles. The second-order valence-corrected chi connectivity index (χ2v) is 23.1. The molecule has 1 aromatic carbocycles. The molecule has 298 valence electrons. The van der Waals surface area contributed by atoms with Gasteiger partial charge >= 0.3 is 12.1 Å². The number of carbonyl (C=O) groups is 3. The van der Waals surface area contributed by atoms with Gasteiger partial charge in [-0.05, 0) is 69.6 Å². The van der Waals surface area contributed by atoms with E-state index in [0.29, 0.717) is 45.0 Å². The lowest BCUT2D eigenvalue weighted by atomic mass is 9.91. The average Bonchev–Trinajstić information content (AvgIpc) is 3.31. The van der Waals surface area contributed by atoms with E-state index in [2.05, 4.69) is 52.6 Å². The van der Waals surface area contributed by atoms with Gasteiger partial charge in [-0.1, -0.05) is 46.8 Å². The van der Waals surface area contributed by atoms with Crippen LogP contribution in [-0.4, -0.2) is 127 Å². The highest BCUT2D eigenvalue weighted by Crippen LogP contribution is 2.44. The normalized spacial score (nSPS) is 22.6. The number of anilines is 1. The van der Waals surface area contributed by atoms with E-state index in [1.807, 2.05) is 43.6 Å². The van der Waals surface area contributed by atoms with Gasteiger partial charge in [0.15, 0.2) is 6.10 Å². The number of halogens is 1. The van der Waals surface area contributed by atoms with E-state index >= 15 is 0 Å². The first kappa shape index (κ1) is 41.6. The molecule has 2 amide bonds. The molecule has 0 saturated carbocycles. The Morgan fingerprint density at radius 1 is 1.06 bits per heavy atom. The molecule has 12 nitrogen and oxygen atoms in total. The first-order valence-electron chi connectivity index (χ1n) is 19.0. The number of pyridine rings is 1. The molecule has 2 aromatic rings. The second kappa shape index (κ2) is 15.5. The summed E-state index contributed by atoms with van der Waals surface area (Å²) >= 11 is 0. The van der Waals surface area contributed by atoms with Gasteiger partial charge in [0.1, 0.15) is 11.4 Å². The Labute approximate surface area is 321 Å². The van der Waals surface area contributed by atoms with Crippen LogP contribution in [0.2, 0.25) is 18.1 Å². The molecule has 0 aliphatic carbocycles. The maximum Gasteiger partial charge on any atom is 0.410 e. The predicted octanol–water partition coefficient (Wildman–Crippen LogP) is 5.91. The quantitative estimate of drug-likeness (QED) is 0.308. The number of aliphatic carboxylic acids is 1. The molecule has 3 aliphatic rings. The van der Waals surface area contributed by atoms with Gasteiger partial charge in [0.25, 0.3) is 8.32 Å². The van der Waals surface area contributed by atoms with Gasteiger partial charge in [-0.3, -0.25) is 14.6 Å². The van der Waals surface area contributed by atoms with E-state index in [4.69, 9.17) is 18.9 Å². The van der Waals surface area contributed by atoms with Gasteiger partial charge in [0.05, 0.1) is 24.5 Å². The molecule has 5 rings (SSSR count). The van der Waals surface area contributed by atoms with E-state index in [1.54, 1.807) is 17.0 Å². The highest BCUT2D eigenvalue weighted by Gasteiger charge is 2.45. The number of hydrogen-bond acceptors (Lipinski definition) is 9. The predicted molar refractivity (Wildman–Crippen MR) is 208 cm³/mol. The van der Waals surface area contributed by atoms with Crippen molar-refractivity contribution in [1.29, 1.82) is 0 Å². The van der Waals surface area contributed by atoms with Crippen LogP contribution >= 0.6 is 0 Å². The zero-order chi connectivity index (χ0) is 40.0. The summed E-state index contributed by atoms with van der Waals surface area (Å²) in [5.74, 6) is -0.857. The van der Waals surface area contributed by atoms with Crippen LogP contribution < -0.4 is 9.33 Å². The number of fused-ring (bicyclic) bond motifs is 1. The molecule has 1 N–H and O–H groups in total. The lowest BCUT2D eigenvalue weighted by Gasteiger charge is -2.47. The number of nitrogens with zero attached hydrogens (tertiary/aromatic N) is 5. The number of carboxylic acids is 1. The minimum absolute atomic E-state index is 0.0741. The molecule has 1 aromatic heterocycles. The molecular formula is C40H60FN5O7Si. The van der Waals surface area contributed by atoms with E-state index in [0.717, 1.165) is 22.5 Å². The molecule has 1 unspecified atom stereocenters. The highest BCUT2D eigenvalue weighted by atomic mass is 28.4. The molecule has 3 aliphatic heterocycles. The Balaban J connectivity index is 1.46. The molecule has 2 fully saturated rings. The Morgan fingerprint density at radius 2 is 1.72 bits per heavy atom. The Morgan fingerprint density at radius 3 is 2.33 bits per heavy atom. The standard InChI is InChI=1S/C40H60FN5O7Si/c1-26-20-44(30(22-45(26)37(50)52-38(2,3)4)21-43-16-17-51-32(23-43)36(48)49)24-33(47)46-25-40(8,9)34-31(46)19-28(18-27-12-14-29(41)15-13-27)35(42-34)53-54(10,11)39(5,6)7/h12-15,19,26,30,32H,16-18,20-25H2,1-11H3,(H,48,49)/t26-,30+,32?/m1/s1. The molecular weight excluding hydrogens is 710 g/mol. The van der Waals surface area contributed by atoms with Crippen LogP contribution in [0.15, 0.2) is 30.3 Å². The molecule has 0 radical (unpaired) electrons. The number of carbonyl (C=O) groups excluding carboxylic acids is 2. The zero-order valence-electron chi connectivity index (χ0n) is 34.0. The number of piperazine rings is 1. The summed E-state index contributed by atoms with van der Waals surface area (Å²) in [5, 5.41) is 9.57. The van der Waals surface area contributed by atoms with Gasteiger partial charge < -0.3 is 28.8 Å². The summed E-state index contributed by atoms with van der Waals surface area (Å²) in [6.07, 6.45) is -0.901. The Hall–Kier alpha value is -3.59. The molecule has 2 saturated heterocycles. The summed E-state index contributed by atoms with van der Waals surface area (Å²) in [5.41, 5.74) is 2.12. The second-order valence-electron chi connectivity index (χ2n) is 18.4. The van der Waals surface area contributed by atoms with Gasteiger partial charge in [0, 0.05) is 68.8 Å². The molecule has 0 spiro atoms. The third kappa shape index (κ3) is 9.61. The third-order valence-electron chi connectivity index (χ3n) is 11.1. The fourth-order valence-corrected chi connectivity index (χ4v) is 8.03. The van der Waals surface area contributed by atoms with Crippen molar-refractivity contribution in [3.05, 3.63) is 53.0 Å². The van der Waals surface area contributed by atoms with Crippen LogP contribution in [0.1, 0.15) is 79.1 Å². The molecule has 3 atom stereocenters. The number of aromatic nitrogens is 1. The van der Waals surface area contributed by atoms with Crippen LogP contribution in [0.5, 0.6) is 5.88 Å². The van der Waals surface area contributed by atoms with E-state index in [9.17, 15) is 23.9 Å². The highest BCUT2D eigenvalue weighted by molar-refractivity contribution is 6.74. The van der Waals surface area contributed by atoms with Crippen molar-refractivity contribution >= 4 is 32.0 Å². The minimum atomic E-state index is -2.31. The van der Waals surface area contributed by atoms with Crippen molar-refractivity contribution in [3.8, 4) is 5.88 Å². The van der Waals surface area contributed by atoms with Crippen LogP contribution in [0.25, 0.3) is 0 Å². The number of morpholine rings is 1. The van der Waals surface area contributed by atoms with Crippen LogP contribution in [0.3, 0.4) is 0 Å².